The maximum absolute atomic E-state index is 12.4. The van der Waals surface area contributed by atoms with Crippen LogP contribution in [0, 0.1) is 0 Å². The van der Waals surface area contributed by atoms with E-state index in [1.165, 1.54) is 5.56 Å². The van der Waals surface area contributed by atoms with E-state index in [2.05, 4.69) is 15.9 Å². The molecule has 1 aliphatic heterocycles. The van der Waals surface area contributed by atoms with Crippen LogP contribution in [-0.2, 0) is 17.9 Å². The molecule has 0 saturated carbocycles. The Morgan fingerprint density at radius 3 is 2.60 bits per heavy atom. The summed E-state index contributed by atoms with van der Waals surface area (Å²) >= 11 is 6.05. The van der Waals surface area contributed by atoms with Crippen molar-refractivity contribution in [2.24, 2.45) is 0 Å². The Bertz CT molecular complexity index is 682. The fourth-order valence-electron chi connectivity index (χ4n) is 3.04. The number of likely N-dealkylation sites (N-methyl/N-ethyl adjacent to an activating group) is 1. The molecule has 0 N–H and O–H groups in total. The van der Waals surface area contributed by atoms with E-state index in [1.54, 1.807) is 11.2 Å². The fraction of sp³-hybridized carbons (Fsp3) is 0.421. The zero-order valence-corrected chi connectivity index (χ0v) is 15.3. The molecule has 1 amide bonds. The zero-order chi connectivity index (χ0) is 17.6. The van der Waals surface area contributed by atoms with E-state index in [1.807, 2.05) is 37.4 Å². The number of carbonyl (C=O) groups excluding carboxylic acids is 1. The first-order valence-corrected chi connectivity index (χ1v) is 8.93. The van der Waals surface area contributed by atoms with Crippen molar-refractivity contribution in [3.63, 3.8) is 0 Å². The van der Waals surface area contributed by atoms with Crippen LogP contribution in [0.15, 0.2) is 47.1 Å². The lowest BCUT2D eigenvalue weighted by atomic mass is 10.2. The van der Waals surface area contributed by atoms with Crippen molar-refractivity contribution in [2.75, 3.05) is 39.8 Å². The molecule has 25 heavy (non-hydrogen) atoms. The van der Waals surface area contributed by atoms with Crippen LogP contribution < -0.4 is 0 Å². The molecular weight excluding hydrogens is 338 g/mol. The molecule has 0 radical (unpaired) electrons. The fourth-order valence-corrected chi connectivity index (χ4v) is 3.25. The molecule has 2 aromatic rings. The number of hydrogen-bond acceptors (Lipinski definition) is 4. The molecule has 3 rings (SSSR count). The summed E-state index contributed by atoms with van der Waals surface area (Å²) in [6, 6.07) is 11.7. The predicted molar refractivity (Wildman–Crippen MR) is 98.4 cm³/mol. The third-order valence-corrected chi connectivity index (χ3v) is 4.75. The monoisotopic (exact) mass is 361 g/mol. The Labute approximate surface area is 153 Å². The molecule has 0 bridgehead atoms. The van der Waals surface area contributed by atoms with Gasteiger partial charge in [-0.15, -0.1) is 0 Å². The van der Waals surface area contributed by atoms with Gasteiger partial charge in [0.05, 0.1) is 19.4 Å². The number of benzene rings is 1. The topological polar surface area (TPSA) is 39.9 Å². The van der Waals surface area contributed by atoms with Crippen molar-refractivity contribution in [3.8, 4) is 0 Å². The molecule has 1 aromatic carbocycles. The van der Waals surface area contributed by atoms with Crippen molar-refractivity contribution in [1.82, 2.24) is 14.7 Å². The van der Waals surface area contributed by atoms with Crippen LogP contribution in [0.2, 0.25) is 5.02 Å². The van der Waals surface area contributed by atoms with Gasteiger partial charge >= 0.3 is 0 Å². The van der Waals surface area contributed by atoms with Crippen LogP contribution in [0.25, 0.3) is 0 Å². The van der Waals surface area contributed by atoms with Gasteiger partial charge < -0.3 is 9.32 Å². The molecule has 0 spiro atoms. The van der Waals surface area contributed by atoms with Gasteiger partial charge in [-0.1, -0.05) is 23.7 Å². The summed E-state index contributed by atoms with van der Waals surface area (Å²) in [5.74, 6) is 0.932. The summed E-state index contributed by atoms with van der Waals surface area (Å²) in [5, 5.41) is 0.779. The lowest BCUT2D eigenvalue weighted by Gasteiger charge is -2.35. The average molecular weight is 362 g/mol. The molecule has 134 valence electrons. The summed E-state index contributed by atoms with van der Waals surface area (Å²) in [6.07, 6.45) is 1.63. The van der Waals surface area contributed by atoms with E-state index < -0.39 is 0 Å². The third kappa shape index (κ3) is 5.33. The molecule has 6 heteroatoms. The van der Waals surface area contributed by atoms with Gasteiger partial charge in [0.2, 0.25) is 5.91 Å². The Morgan fingerprint density at radius 1 is 1.16 bits per heavy atom. The van der Waals surface area contributed by atoms with Gasteiger partial charge in [-0.05, 0) is 29.8 Å². The van der Waals surface area contributed by atoms with Crippen LogP contribution in [0.4, 0.5) is 0 Å². The lowest BCUT2D eigenvalue weighted by molar-refractivity contribution is -0.132. The SMILES string of the molecule is CN(Cc1ccco1)C(=O)CN1CCN(Cc2cccc(Cl)c2)CC1. The zero-order valence-electron chi connectivity index (χ0n) is 14.5. The number of hydrogen-bond donors (Lipinski definition) is 0. The Balaban J connectivity index is 1.42. The van der Waals surface area contributed by atoms with Crippen molar-refractivity contribution >= 4 is 17.5 Å². The number of furan rings is 1. The molecular formula is C19H24ClN3O2. The second kappa shape index (κ2) is 8.52. The predicted octanol–water partition coefficient (Wildman–Crippen LogP) is 2.71. The summed E-state index contributed by atoms with van der Waals surface area (Å²) < 4.78 is 5.30. The Morgan fingerprint density at radius 2 is 1.92 bits per heavy atom. The van der Waals surface area contributed by atoms with Crippen LogP contribution in [0.5, 0.6) is 0 Å². The van der Waals surface area contributed by atoms with Gasteiger partial charge in [-0.3, -0.25) is 14.6 Å². The number of piperazine rings is 1. The van der Waals surface area contributed by atoms with Crippen LogP contribution in [-0.4, -0.2) is 60.4 Å². The van der Waals surface area contributed by atoms with E-state index in [9.17, 15) is 4.79 Å². The molecule has 1 aliphatic rings. The van der Waals surface area contributed by atoms with E-state index >= 15 is 0 Å². The minimum atomic E-state index is 0.125. The first-order valence-electron chi connectivity index (χ1n) is 8.55. The summed E-state index contributed by atoms with van der Waals surface area (Å²) in [5.41, 5.74) is 1.23. The number of amides is 1. The largest absolute Gasteiger partial charge is 0.467 e. The highest BCUT2D eigenvalue weighted by atomic mass is 35.5. The van der Waals surface area contributed by atoms with Crippen LogP contribution >= 0.6 is 11.6 Å². The number of halogens is 1. The van der Waals surface area contributed by atoms with Crippen molar-refractivity contribution < 1.29 is 9.21 Å². The van der Waals surface area contributed by atoms with E-state index in [4.69, 9.17) is 16.0 Å². The highest BCUT2D eigenvalue weighted by Crippen LogP contribution is 2.14. The van der Waals surface area contributed by atoms with Crippen LogP contribution in [0.3, 0.4) is 0 Å². The van der Waals surface area contributed by atoms with Gasteiger partial charge in [0, 0.05) is 44.8 Å². The normalized spacial score (nSPS) is 16.1. The van der Waals surface area contributed by atoms with Gasteiger partial charge in [-0.25, -0.2) is 0 Å². The van der Waals surface area contributed by atoms with Crippen molar-refractivity contribution in [3.05, 3.63) is 59.0 Å². The van der Waals surface area contributed by atoms with Gasteiger partial charge in [0.15, 0.2) is 0 Å². The highest BCUT2D eigenvalue weighted by Gasteiger charge is 2.21. The minimum Gasteiger partial charge on any atom is -0.467 e. The van der Waals surface area contributed by atoms with Crippen molar-refractivity contribution in [1.29, 1.82) is 0 Å². The standard InChI is InChI=1S/C19H24ClN3O2/c1-21(14-18-6-3-11-25-18)19(24)15-23-9-7-22(8-10-23)13-16-4-2-5-17(20)12-16/h2-6,11-12H,7-10,13-15H2,1H3. The number of rotatable bonds is 6. The molecule has 0 atom stereocenters. The smallest absolute Gasteiger partial charge is 0.236 e. The molecule has 2 heterocycles. The van der Waals surface area contributed by atoms with Gasteiger partial charge in [0.25, 0.3) is 0 Å². The first-order chi connectivity index (χ1) is 12.1. The van der Waals surface area contributed by atoms with Crippen molar-refractivity contribution in [2.45, 2.75) is 13.1 Å². The molecule has 5 nitrogen and oxygen atoms in total. The van der Waals surface area contributed by atoms with Crippen LogP contribution in [0.1, 0.15) is 11.3 Å². The lowest BCUT2D eigenvalue weighted by Crippen LogP contribution is -2.49. The Kier molecular flexibility index (Phi) is 6.13. The second-order valence-corrected chi connectivity index (χ2v) is 6.95. The van der Waals surface area contributed by atoms with E-state index in [-0.39, 0.29) is 5.91 Å². The molecule has 0 unspecified atom stereocenters. The maximum atomic E-state index is 12.4. The second-order valence-electron chi connectivity index (χ2n) is 6.51. The van der Waals surface area contributed by atoms with Gasteiger partial charge in [-0.2, -0.15) is 0 Å². The third-order valence-electron chi connectivity index (χ3n) is 4.52. The minimum absolute atomic E-state index is 0.125. The molecule has 1 saturated heterocycles. The highest BCUT2D eigenvalue weighted by molar-refractivity contribution is 6.30. The molecule has 0 aliphatic carbocycles. The summed E-state index contributed by atoms with van der Waals surface area (Å²) in [7, 11) is 1.82. The quantitative estimate of drug-likeness (QED) is 0.793. The van der Waals surface area contributed by atoms with Gasteiger partial charge in [0.1, 0.15) is 5.76 Å². The molecule has 1 aromatic heterocycles. The number of carbonyl (C=O) groups is 1. The Hall–Kier alpha value is -1.82. The van der Waals surface area contributed by atoms with E-state index in [0.717, 1.165) is 43.5 Å². The number of nitrogens with zero attached hydrogens (tertiary/aromatic N) is 3. The molecule has 1 fully saturated rings. The van der Waals surface area contributed by atoms with E-state index in [0.29, 0.717) is 13.1 Å². The maximum Gasteiger partial charge on any atom is 0.236 e. The summed E-state index contributed by atoms with van der Waals surface area (Å²) in [4.78, 5) is 18.7. The first kappa shape index (κ1) is 18.0. The summed E-state index contributed by atoms with van der Waals surface area (Å²) in [6.45, 7) is 5.61. The average Bonchev–Trinajstić information content (AvgIpc) is 3.09.